The van der Waals surface area contributed by atoms with E-state index >= 15 is 0 Å². The van der Waals surface area contributed by atoms with Crippen molar-refractivity contribution in [1.29, 1.82) is 0 Å². The van der Waals surface area contributed by atoms with Crippen LogP contribution in [0.3, 0.4) is 0 Å². The van der Waals surface area contributed by atoms with Gasteiger partial charge in [0.1, 0.15) is 6.61 Å². The van der Waals surface area contributed by atoms with Gasteiger partial charge in [0.15, 0.2) is 0 Å². The van der Waals surface area contributed by atoms with Crippen molar-refractivity contribution in [2.75, 3.05) is 6.61 Å². The predicted octanol–water partition coefficient (Wildman–Crippen LogP) is 5.59. The Hall–Kier alpha value is -0.950. The highest BCUT2D eigenvalue weighted by atomic mass is 79.9. The maximum absolute atomic E-state index is 12.5. The lowest BCUT2D eigenvalue weighted by atomic mass is 9.94. The van der Waals surface area contributed by atoms with Crippen LogP contribution in [0.25, 0.3) is 4.48 Å². The van der Waals surface area contributed by atoms with E-state index in [-0.39, 0.29) is 12.5 Å². The third kappa shape index (κ3) is 5.78. The molecule has 2 rings (SSSR count). The molecule has 1 aliphatic rings. The Balaban J connectivity index is 2.30. The second kappa shape index (κ2) is 8.83. The number of benzene rings is 1. The van der Waals surface area contributed by atoms with Crippen molar-refractivity contribution in [2.45, 2.75) is 36.2 Å². The third-order valence-corrected chi connectivity index (χ3v) is 4.42. The fourth-order valence-electron chi connectivity index (χ4n) is 2.51. The zero-order valence-corrected chi connectivity index (χ0v) is 17.9. The maximum atomic E-state index is 12.5. The molecule has 0 fully saturated rings. The van der Waals surface area contributed by atoms with Gasteiger partial charge in [-0.15, -0.1) is 0 Å². The van der Waals surface area contributed by atoms with Gasteiger partial charge in [0, 0.05) is 10.7 Å². The van der Waals surface area contributed by atoms with Crippen molar-refractivity contribution >= 4 is 67.3 Å². The Morgan fingerprint density at radius 2 is 1.92 bits per heavy atom. The summed E-state index contributed by atoms with van der Waals surface area (Å²) in [6, 6.07) is 6.83. The minimum Gasteiger partial charge on any atom is -0.463 e. The van der Waals surface area contributed by atoms with Gasteiger partial charge < -0.3 is 9.47 Å². The SMILES string of the molecule is CC(C)OC(=O)CC1c2ccccc2C(Br)=CN1C(=O)OCC(Cl)(Cl)Cl. The number of rotatable bonds is 4. The van der Waals surface area contributed by atoms with E-state index < -0.39 is 28.5 Å². The number of esters is 1. The molecule has 1 aromatic carbocycles. The summed E-state index contributed by atoms with van der Waals surface area (Å²) in [5.74, 6) is -0.426. The molecular formula is C17H17BrCl3NO4. The quantitative estimate of drug-likeness (QED) is 0.412. The first-order valence-corrected chi connectivity index (χ1v) is 9.69. The Labute approximate surface area is 175 Å². The smallest absolute Gasteiger partial charge is 0.414 e. The standard InChI is InChI=1S/C17H17BrCl3NO4/c1-10(2)26-15(23)7-14-12-6-4-3-5-11(12)13(18)8-22(14)16(24)25-9-17(19,20)21/h3-6,8,10,14H,7,9H2,1-2H3. The molecule has 0 spiro atoms. The number of nitrogens with zero attached hydrogens (tertiary/aromatic N) is 1. The van der Waals surface area contributed by atoms with Crippen LogP contribution in [0.15, 0.2) is 30.5 Å². The van der Waals surface area contributed by atoms with Crippen molar-refractivity contribution in [3.63, 3.8) is 0 Å². The van der Waals surface area contributed by atoms with Crippen molar-refractivity contribution in [1.82, 2.24) is 4.90 Å². The molecule has 1 aromatic rings. The molecular weight excluding hydrogens is 468 g/mol. The Bertz CT molecular complexity index is 718. The zero-order valence-electron chi connectivity index (χ0n) is 14.0. The highest BCUT2D eigenvalue weighted by Gasteiger charge is 2.34. The van der Waals surface area contributed by atoms with Gasteiger partial charge in [-0.25, -0.2) is 4.79 Å². The van der Waals surface area contributed by atoms with Crippen LogP contribution in [0.5, 0.6) is 0 Å². The van der Waals surface area contributed by atoms with Gasteiger partial charge in [0.25, 0.3) is 0 Å². The average molecular weight is 486 g/mol. The molecule has 0 saturated carbocycles. The highest BCUT2D eigenvalue weighted by Crippen LogP contribution is 2.40. The van der Waals surface area contributed by atoms with Crippen molar-refractivity contribution in [3.05, 3.63) is 41.6 Å². The molecule has 1 aliphatic heterocycles. The molecule has 9 heteroatoms. The fourth-order valence-corrected chi connectivity index (χ4v) is 3.26. The van der Waals surface area contributed by atoms with Crippen LogP contribution >= 0.6 is 50.7 Å². The number of hydrogen-bond acceptors (Lipinski definition) is 4. The van der Waals surface area contributed by atoms with Gasteiger partial charge in [0.05, 0.1) is 18.6 Å². The molecule has 0 aromatic heterocycles. The molecule has 26 heavy (non-hydrogen) atoms. The highest BCUT2D eigenvalue weighted by molar-refractivity contribution is 9.15. The second-order valence-corrected chi connectivity index (χ2v) is 9.27. The monoisotopic (exact) mass is 483 g/mol. The number of hydrogen-bond donors (Lipinski definition) is 0. The Kier molecular flexibility index (Phi) is 7.25. The lowest BCUT2D eigenvalue weighted by Gasteiger charge is -2.33. The van der Waals surface area contributed by atoms with Crippen LogP contribution in [-0.4, -0.2) is 33.5 Å². The maximum Gasteiger partial charge on any atom is 0.414 e. The molecule has 142 valence electrons. The molecule has 0 N–H and O–H groups in total. The average Bonchev–Trinajstić information content (AvgIpc) is 2.53. The fraction of sp³-hybridized carbons (Fsp3) is 0.412. The van der Waals surface area contributed by atoms with E-state index in [1.807, 2.05) is 24.3 Å². The molecule has 0 aliphatic carbocycles. The number of fused-ring (bicyclic) bond motifs is 1. The van der Waals surface area contributed by atoms with Crippen molar-refractivity contribution < 1.29 is 19.1 Å². The van der Waals surface area contributed by atoms with Gasteiger partial charge in [0.2, 0.25) is 3.79 Å². The summed E-state index contributed by atoms with van der Waals surface area (Å²) < 4.78 is 9.25. The minimum atomic E-state index is -1.73. The lowest BCUT2D eigenvalue weighted by Crippen LogP contribution is -2.36. The van der Waals surface area contributed by atoms with Crippen molar-refractivity contribution in [2.24, 2.45) is 0 Å². The van der Waals surface area contributed by atoms with E-state index in [4.69, 9.17) is 44.3 Å². The van der Waals surface area contributed by atoms with Crippen LogP contribution in [0, 0.1) is 0 Å². The number of halogens is 4. The van der Waals surface area contributed by atoms with Gasteiger partial charge >= 0.3 is 12.1 Å². The van der Waals surface area contributed by atoms with Gasteiger partial charge in [-0.05, 0) is 40.9 Å². The molecule has 0 radical (unpaired) electrons. The number of amides is 1. The molecule has 1 heterocycles. The van der Waals surface area contributed by atoms with E-state index in [9.17, 15) is 9.59 Å². The summed E-state index contributed by atoms with van der Waals surface area (Å²) in [4.78, 5) is 26.0. The third-order valence-electron chi connectivity index (χ3n) is 3.46. The Morgan fingerprint density at radius 3 is 2.54 bits per heavy atom. The molecule has 5 nitrogen and oxygen atoms in total. The summed E-state index contributed by atoms with van der Waals surface area (Å²) >= 11 is 20.4. The van der Waals surface area contributed by atoms with E-state index in [1.165, 1.54) is 4.90 Å². The van der Waals surface area contributed by atoms with E-state index in [0.29, 0.717) is 4.48 Å². The molecule has 1 unspecified atom stereocenters. The normalized spacial score (nSPS) is 16.8. The van der Waals surface area contributed by atoms with Crippen LogP contribution in [-0.2, 0) is 14.3 Å². The van der Waals surface area contributed by atoms with Crippen LogP contribution in [0.4, 0.5) is 4.79 Å². The first-order valence-electron chi connectivity index (χ1n) is 7.76. The van der Waals surface area contributed by atoms with Crippen LogP contribution < -0.4 is 0 Å². The van der Waals surface area contributed by atoms with Gasteiger partial charge in [-0.3, -0.25) is 9.69 Å². The van der Waals surface area contributed by atoms with Gasteiger partial charge in [-0.1, -0.05) is 59.1 Å². The summed E-state index contributed by atoms with van der Waals surface area (Å²) in [6.07, 6.45) is 0.532. The molecule has 1 amide bonds. The first kappa shape index (κ1) is 21.4. The number of carbonyl (C=O) groups is 2. The largest absolute Gasteiger partial charge is 0.463 e. The predicted molar refractivity (Wildman–Crippen MR) is 105 cm³/mol. The zero-order chi connectivity index (χ0) is 19.5. The number of ether oxygens (including phenoxy) is 2. The second-order valence-electron chi connectivity index (χ2n) is 5.90. The number of alkyl halides is 3. The van der Waals surface area contributed by atoms with Crippen molar-refractivity contribution in [3.8, 4) is 0 Å². The summed E-state index contributed by atoms with van der Waals surface area (Å²) in [6.45, 7) is 3.11. The van der Waals surface area contributed by atoms with Crippen LogP contribution in [0.1, 0.15) is 37.4 Å². The van der Waals surface area contributed by atoms with E-state index in [0.717, 1.165) is 11.1 Å². The van der Waals surface area contributed by atoms with E-state index in [1.54, 1.807) is 20.0 Å². The summed E-state index contributed by atoms with van der Waals surface area (Å²) in [5, 5.41) is 0. The topological polar surface area (TPSA) is 55.8 Å². The molecule has 0 bridgehead atoms. The molecule has 1 atom stereocenters. The molecule has 0 saturated heterocycles. The first-order chi connectivity index (χ1) is 12.1. The Morgan fingerprint density at radius 1 is 1.27 bits per heavy atom. The summed E-state index contributed by atoms with van der Waals surface area (Å²) in [5.41, 5.74) is 1.66. The number of carbonyl (C=O) groups excluding carboxylic acids is 2. The summed E-state index contributed by atoms with van der Waals surface area (Å²) in [7, 11) is 0. The van der Waals surface area contributed by atoms with Gasteiger partial charge in [-0.2, -0.15) is 0 Å². The van der Waals surface area contributed by atoms with E-state index in [2.05, 4.69) is 15.9 Å². The minimum absolute atomic E-state index is 0.0329. The van der Waals surface area contributed by atoms with Crippen LogP contribution in [0.2, 0.25) is 0 Å². The lowest BCUT2D eigenvalue weighted by molar-refractivity contribution is -0.148.